The third-order valence-corrected chi connectivity index (χ3v) is 5.83. The molecule has 0 saturated carbocycles. The Hall–Kier alpha value is -4.07. The van der Waals surface area contributed by atoms with E-state index in [0.29, 0.717) is 30.0 Å². The summed E-state index contributed by atoms with van der Waals surface area (Å²) in [7, 11) is 1.57. The Labute approximate surface area is 197 Å². The van der Waals surface area contributed by atoms with Crippen molar-refractivity contribution >= 4 is 22.8 Å². The van der Waals surface area contributed by atoms with E-state index in [-0.39, 0.29) is 5.76 Å². The zero-order valence-corrected chi connectivity index (χ0v) is 19.7. The lowest BCUT2D eigenvalue weighted by molar-refractivity contribution is -0.124. The van der Waals surface area contributed by atoms with E-state index in [4.69, 9.17) is 13.9 Å². The highest BCUT2D eigenvalue weighted by Gasteiger charge is 2.21. The minimum Gasteiger partial charge on any atom is -0.497 e. The Morgan fingerprint density at radius 3 is 2.59 bits per heavy atom. The molecule has 0 atom stereocenters. The first-order valence-electron chi connectivity index (χ1n) is 10.9. The van der Waals surface area contributed by atoms with Gasteiger partial charge in [-0.05, 0) is 44.5 Å². The largest absolute Gasteiger partial charge is 0.497 e. The van der Waals surface area contributed by atoms with E-state index in [0.717, 1.165) is 27.9 Å². The van der Waals surface area contributed by atoms with Gasteiger partial charge in [-0.2, -0.15) is 5.10 Å². The van der Waals surface area contributed by atoms with Crippen molar-refractivity contribution in [1.82, 2.24) is 15.1 Å². The van der Waals surface area contributed by atoms with E-state index in [1.807, 2.05) is 48.9 Å². The maximum absolute atomic E-state index is 12.5. The fraction of sp³-hybridized carbons (Fsp3) is 0.269. The molecule has 34 heavy (non-hydrogen) atoms. The Morgan fingerprint density at radius 2 is 1.85 bits per heavy atom. The van der Waals surface area contributed by atoms with Crippen LogP contribution in [0.25, 0.3) is 11.0 Å². The predicted molar refractivity (Wildman–Crippen MR) is 127 cm³/mol. The molecule has 0 spiro atoms. The average molecular weight is 462 g/mol. The number of methoxy groups -OCH3 is 1. The van der Waals surface area contributed by atoms with E-state index in [1.165, 1.54) is 0 Å². The summed E-state index contributed by atoms with van der Waals surface area (Å²) in [6.07, 6.45) is 0. The lowest BCUT2D eigenvalue weighted by atomic mass is 10.1. The SMILES string of the molecule is COc1ccc2oc(C(=O)OCC(=O)NCc3c(C)nn(Cc4ccccc4)c3C)c(C)c2c1. The molecule has 1 amide bonds. The number of nitrogens with one attached hydrogen (secondary N) is 1. The standard InChI is InChI=1S/C26H27N3O5/c1-16-21-12-20(32-4)10-11-23(21)34-25(16)26(31)33-15-24(30)27-13-22-17(2)28-29(18(22)3)14-19-8-6-5-7-9-19/h5-12H,13-15H2,1-4H3,(H,27,30). The fourth-order valence-corrected chi connectivity index (χ4v) is 3.86. The van der Waals surface area contributed by atoms with Crippen LogP contribution < -0.4 is 10.1 Å². The van der Waals surface area contributed by atoms with Crippen LogP contribution in [0.15, 0.2) is 52.9 Å². The molecular formula is C26H27N3O5. The summed E-state index contributed by atoms with van der Waals surface area (Å²) in [5.74, 6) is -0.359. The van der Waals surface area contributed by atoms with Gasteiger partial charge >= 0.3 is 5.97 Å². The number of furan rings is 1. The number of hydrogen-bond acceptors (Lipinski definition) is 6. The van der Waals surface area contributed by atoms with E-state index in [9.17, 15) is 9.59 Å². The number of nitrogens with zero attached hydrogens (tertiary/aromatic N) is 2. The Bertz CT molecular complexity index is 1340. The van der Waals surface area contributed by atoms with Gasteiger partial charge < -0.3 is 19.2 Å². The first-order valence-corrected chi connectivity index (χ1v) is 10.9. The number of fused-ring (bicyclic) bond motifs is 1. The third kappa shape index (κ3) is 4.80. The molecule has 0 aliphatic heterocycles. The van der Waals surface area contributed by atoms with Gasteiger partial charge in [0, 0.05) is 28.8 Å². The number of benzene rings is 2. The number of carbonyl (C=O) groups excluding carboxylic acids is 2. The van der Waals surface area contributed by atoms with Gasteiger partial charge in [-0.3, -0.25) is 9.48 Å². The van der Waals surface area contributed by atoms with Crippen molar-refractivity contribution in [2.75, 3.05) is 13.7 Å². The van der Waals surface area contributed by atoms with E-state index < -0.39 is 18.5 Å². The molecule has 2 aromatic heterocycles. The number of rotatable bonds is 8. The van der Waals surface area contributed by atoms with Crippen molar-refractivity contribution in [2.24, 2.45) is 0 Å². The monoisotopic (exact) mass is 461 g/mol. The molecule has 0 fully saturated rings. The second kappa shape index (κ2) is 9.82. The molecule has 1 N–H and O–H groups in total. The third-order valence-electron chi connectivity index (χ3n) is 5.83. The zero-order chi connectivity index (χ0) is 24.2. The normalized spacial score (nSPS) is 10.9. The molecule has 8 heteroatoms. The molecule has 0 unspecified atom stereocenters. The van der Waals surface area contributed by atoms with Crippen LogP contribution in [-0.4, -0.2) is 35.4 Å². The minimum absolute atomic E-state index is 0.0740. The summed E-state index contributed by atoms with van der Waals surface area (Å²) in [5.41, 5.74) is 5.10. The second-order valence-corrected chi connectivity index (χ2v) is 8.06. The number of aromatic nitrogens is 2. The topological polar surface area (TPSA) is 95.6 Å². The number of ether oxygens (including phenoxy) is 2. The molecule has 0 aliphatic carbocycles. The lowest BCUT2D eigenvalue weighted by Gasteiger charge is -2.08. The van der Waals surface area contributed by atoms with Crippen LogP contribution in [0.4, 0.5) is 0 Å². The highest BCUT2D eigenvalue weighted by Crippen LogP contribution is 2.29. The van der Waals surface area contributed by atoms with Crippen LogP contribution >= 0.6 is 0 Å². The summed E-state index contributed by atoms with van der Waals surface area (Å²) in [6.45, 7) is 6.20. The molecule has 176 valence electrons. The smallest absolute Gasteiger partial charge is 0.375 e. The minimum atomic E-state index is -0.689. The molecule has 8 nitrogen and oxygen atoms in total. The summed E-state index contributed by atoms with van der Waals surface area (Å²) in [4.78, 5) is 24.9. The summed E-state index contributed by atoms with van der Waals surface area (Å²) >= 11 is 0. The Kier molecular flexibility index (Phi) is 6.67. The number of hydrogen-bond donors (Lipinski definition) is 1. The number of esters is 1. The van der Waals surface area contributed by atoms with Crippen molar-refractivity contribution in [1.29, 1.82) is 0 Å². The number of aryl methyl sites for hydroxylation is 2. The zero-order valence-electron chi connectivity index (χ0n) is 19.7. The fourth-order valence-electron chi connectivity index (χ4n) is 3.86. The van der Waals surface area contributed by atoms with Gasteiger partial charge in [-0.15, -0.1) is 0 Å². The van der Waals surface area contributed by atoms with Crippen LogP contribution in [0.2, 0.25) is 0 Å². The number of carbonyl (C=O) groups is 2. The number of amides is 1. The van der Waals surface area contributed by atoms with Crippen LogP contribution in [0.5, 0.6) is 5.75 Å². The van der Waals surface area contributed by atoms with E-state index in [1.54, 1.807) is 32.2 Å². The molecular weight excluding hydrogens is 434 g/mol. The molecule has 0 aliphatic rings. The summed E-state index contributed by atoms with van der Waals surface area (Å²) in [6, 6.07) is 15.3. The molecule has 0 saturated heterocycles. The van der Waals surface area contributed by atoms with Gasteiger partial charge in [-0.1, -0.05) is 30.3 Å². The van der Waals surface area contributed by atoms with Crippen molar-refractivity contribution in [3.8, 4) is 5.75 Å². The maximum atomic E-state index is 12.5. The highest BCUT2D eigenvalue weighted by atomic mass is 16.5. The van der Waals surface area contributed by atoms with Crippen molar-refractivity contribution < 1.29 is 23.5 Å². The average Bonchev–Trinajstić information content (AvgIpc) is 3.31. The molecule has 0 bridgehead atoms. The Balaban J connectivity index is 1.35. The van der Waals surface area contributed by atoms with Crippen molar-refractivity contribution in [3.63, 3.8) is 0 Å². The maximum Gasteiger partial charge on any atom is 0.375 e. The van der Waals surface area contributed by atoms with Gasteiger partial charge in [0.1, 0.15) is 11.3 Å². The molecule has 2 aromatic carbocycles. The van der Waals surface area contributed by atoms with Crippen LogP contribution in [0, 0.1) is 20.8 Å². The molecule has 4 aromatic rings. The van der Waals surface area contributed by atoms with Crippen molar-refractivity contribution in [2.45, 2.75) is 33.9 Å². The lowest BCUT2D eigenvalue weighted by Crippen LogP contribution is -2.28. The van der Waals surface area contributed by atoms with Gasteiger partial charge in [0.15, 0.2) is 6.61 Å². The first kappa shape index (κ1) is 23.1. The molecule has 4 rings (SSSR count). The highest BCUT2D eigenvalue weighted by molar-refractivity contribution is 5.97. The van der Waals surface area contributed by atoms with Gasteiger partial charge in [0.25, 0.3) is 5.91 Å². The van der Waals surface area contributed by atoms with Gasteiger partial charge in [0.05, 0.1) is 19.3 Å². The quantitative estimate of drug-likeness (QED) is 0.397. The predicted octanol–water partition coefficient (Wildman–Crippen LogP) is 4.08. The van der Waals surface area contributed by atoms with Gasteiger partial charge in [-0.25, -0.2) is 4.79 Å². The van der Waals surface area contributed by atoms with Crippen LogP contribution in [0.1, 0.15) is 38.6 Å². The van der Waals surface area contributed by atoms with Crippen LogP contribution in [0.3, 0.4) is 0 Å². The van der Waals surface area contributed by atoms with Crippen LogP contribution in [-0.2, 0) is 22.6 Å². The second-order valence-electron chi connectivity index (χ2n) is 8.06. The molecule has 0 radical (unpaired) electrons. The summed E-state index contributed by atoms with van der Waals surface area (Å²) in [5, 5.41) is 8.16. The Morgan fingerprint density at radius 1 is 1.09 bits per heavy atom. The summed E-state index contributed by atoms with van der Waals surface area (Å²) < 4.78 is 18.0. The van der Waals surface area contributed by atoms with E-state index >= 15 is 0 Å². The first-order chi connectivity index (χ1) is 16.4. The van der Waals surface area contributed by atoms with Crippen molar-refractivity contribution in [3.05, 3.63) is 82.4 Å². The van der Waals surface area contributed by atoms with Gasteiger partial charge in [0.2, 0.25) is 5.76 Å². The van der Waals surface area contributed by atoms with E-state index in [2.05, 4.69) is 10.4 Å². The molecule has 2 heterocycles.